The molecule has 0 bridgehead atoms. The van der Waals surface area contributed by atoms with Crippen molar-refractivity contribution >= 4 is 9.84 Å². The van der Waals surface area contributed by atoms with Gasteiger partial charge in [-0.05, 0) is 19.1 Å². The van der Waals surface area contributed by atoms with Crippen molar-refractivity contribution in [1.29, 1.82) is 0 Å². The van der Waals surface area contributed by atoms with Crippen molar-refractivity contribution in [2.45, 2.75) is 38.7 Å². The Morgan fingerprint density at radius 1 is 1.19 bits per heavy atom. The van der Waals surface area contributed by atoms with Crippen molar-refractivity contribution in [2.24, 2.45) is 0 Å². The smallest absolute Gasteiger partial charge is 0.153 e. The van der Waals surface area contributed by atoms with Crippen LogP contribution in [0.1, 0.15) is 22.9 Å². The summed E-state index contributed by atoms with van der Waals surface area (Å²) in [5, 5.41) is 9.15. The number of nitrogens with one attached hydrogen (secondary N) is 1. The zero-order valence-electron chi connectivity index (χ0n) is 14.8. The normalized spacial score (nSPS) is 26.2. The van der Waals surface area contributed by atoms with Crippen LogP contribution in [0.15, 0.2) is 22.9 Å². The highest BCUT2D eigenvalue weighted by Crippen LogP contribution is 2.29. The Labute approximate surface area is 152 Å². The van der Waals surface area contributed by atoms with Gasteiger partial charge in [-0.15, -0.1) is 0 Å². The zero-order chi connectivity index (χ0) is 18.3. The Morgan fingerprint density at radius 3 is 2.42 bits per heavy atom. The topological polar surface area (TPSA) is 103 Å². The summed E-state index contributed by atoms with van der Waals surface area (Å²) in [4.78, 5) is 11.9. The minimum atomic E-state index is -3.06. The van der Waals surface area contributed by atoms with Gasteiger partial charge < -0.3 is 14.5 Å². The monoisotopic (exact) mass is 380 g/mol. The molecule has 0 amide bonds. The van der Waals surface area contributed by atoms with Crippen molar-refractivity contribution in [2.75, 3.05) is 24.6 Å². The van der Waals surface area contributed by atoms with Gasteiger partial charge in [-0.2, -0.15) is 0 Å². The first kappa shape index (κ1) is 17.7. The van der Waals surface area contributed by atoms with E-state index in [0.29, 0.717) is 18.8 Å². The van der Waals surface area contributed by atoms with Gasteiger partial charge in [0.15, 0.2) is 9.84 Å². The Balaban J connectivity index is 1.52. The molecule has 0 unspecified atom stereocenters. The van der Waals surface area contributed by atoms with Crippen molar-refractivity contribution in [3.8, 4) is 0 Å². The number of hydrogen-bond donors (Lipinski definition) is 2. The average molecular weight is 380 g/mol. The van der Waals surface area contributed by atoms with E-state index in [4.69, 9.17) is 9.52 Å². The number of imidazole rings is 1. The van der Waals surface area contributed by atoms with Crippen LogP contribution in [-0.4, -0.2) is 70.0 Å². The van der Waals surface area contributed by atoms with E-state index in [0.717, 1.165) is 30.2 Å². The highest BCUT2D eigenvalue weighted by Gasteiger charge is 2.46. The molecule has 0 saturated carbocycles. The lowest BCUT2D eigenvalue weighted by Crippen LogP contribution is -2.58. The second kappa shape index (κ2) is 6.80. The lowest BCUT2D eigenvalue weighted by Gasteiger charge is -2.43. The number of aromatic amines is 1. The lowest BCUT2D eigenvalue weighted by molar-refractivity contribution is 0.0305. The van der Waals surface area contributed by atoms with Gasteiger partial charge in [0.2, 0.25) is 0 Å². The predicted octanol–water partition coefficient (Wildman–Crippen LogP) is 0.287. The molecule has 2 saturated heterocycles. The van der Waals surface area contributed by atoms with Gasteiger partial charge in [-0.3, -0.25) is 9.80 Å². The van der Waals surface area contributed by atoms with Crippen LogP contribution in [0, 0.1) is 6.92 Å². The second-order valence-electron chi connectivity index (χ2n) is 7.15. The lowest BCUT2D eigenvalue weighted by atomic mass is 10.0. The minimum absolute atomic E-state index is 0.0304. The van der Waals surface area contributed by atoms with Crippen LogP contribution in [-0.2, 0) is 29.5 Å². The molecule has 2 aliphatic heterocycles. The minimum Gasteiger partial charge on any atom is -0.462 e. The predicted molar refractivity (Wildman–Crippen MR) is 95.0 cm³/mol. The number of nitrogens with zero attached hydrogens (tertiary/aromatic N) is 3. The number of hydrogen-bond acceptors (Lipinski definition) is 7. The van der Waals surface area contributed by atoms with Crippen LogP contribution in [0.5, 0.6) is 0 Å². The van der Waals surface area contributed by atoms with Gasteiger partial charge in [0, 0.05) is 37.4 Å². The number of piperazine rings is 1. The van der Waals surface area contributed by atoms with Crippen LogP contribution in [0.3, 0.4) is 0 Å². The quantitative estimate of drug-likeness (QED) is 0.768. The van der Waals surface area contributed by atoms with Gasteiger partial charge in [-0.25, -0.2) is 13.4 Å². The Bertz CT molecular complexity index is 875. The van der Waals surface area contributed by atoms with Gasteiger partial charge in [0.1, 0.15) is 18.1 Å². The molecule has 2 aliphatic rings. The molecule has 2 N–H and O–H groups in total. The van der Waals surface area contributed by atoms with E-state index in [2.05, 4.69) is 19.8 Å². The highest BCUT2D eigenvalue weighted by molar-refractivity contribution is 7.91. The summed E-state index contributed by atoms with van der Waals surface area (Å²) in [5.41, 5.74) is 2.00. The summed E-state index contributed by atoms with van der Waals surface area (Å²) < 4.78 is 30.3. The average Bonchev–Trinajstić information content (AvgIpc) is 3.29. The maximum atomic E-state index is 12.3. The van der Waals surface area contributed by atoms with E-state index in [1.54, 1.807) is 12.4 Å². The van der Waals surface area contributed by atoms with E-state index in [-0.39, 0.29) is 30.2 Å². The third kappa shape index (κ3) is 3.44. The van der Waals surface area contributed by atoms with E-state index in [9.17, 15) is 8.42 Å². The number of aliphatic hydroxyl groups excluding tert-OH is 1. The third-order valence-corrected chi connectivity index (χ3v) is 7.12. The number of aryl methyl sites for hydroxylation is 1. The first-order valence-corrected chi connectivity index (χ1v) is 10.6. The molecule has 142 valence electrons. The molecule has 0 aromatic carbocycles. The maximum Gasteiger partial charge on any atom is 0.153 e. The molecule has 0 radical (unpaired) electrons. The van der Waals surface area contributed by atoms with E-state index < -0.39 is 9.84 Å². The molecule has 2 aromatic rings. The summed E-state index contributed by atoms with van der Waals surface area (Å²) in [7, 11) is -3.06. The van der Waals surface area contributed by atoms with E-state index >= 15 is 0 Å². The summed E-state index contributed by atoms with van der Waals surface area (Å²) >= 11 is 0. The van der Waals surface area contributed by atoms with Crippen molar-refractivity contribution in [3.63, 3.8) is 0 Å². The van der Waals surface area contributed by atoms with Crippen LogP contribution < -0.4 is 0 Å². The molecule has 4 rings (SSSR count). The van der Waals surface area contributed by atoms with Gasteiger partial charge in [0.25, 0.3) is 0 Å². The Kier molecular flexibility index (Phi) is 4.64. The van der Waals surface area contributed by atoms with Crippen LogP contribution in [0.25, 0.3) is 0 Å². The van der Waals surface area contributed by atoms with Gasteiger partial charge >= 0.3 is 0 Å². The molecule has 0 spiro atoms. The standard InChI is InChI=1S/C17H24N4O4S/c1-12-15(19-11-18-12)7-21-5-4-20(6-13-2-3-14(8-22)25-13)16-9-26(23,24)10-17(16)21/h2-3,11,16-17,22H,4-10H2,1H3,(H,18,19)/t16-,17+/m0/s1. The largest absolute Gasteiger partial charge is 0.462 e. The molecule has 8 nitrogen and oxygen atoms in total. The molecular formula is C17H24N4O4S. The fourth-order valence-corrected chi connectivity index (χ4v) is 6.06. The van der Waals surface area contributed by atoms with Gasteiger partial charge in [-0.1, -0.05) is 0 Å². The number of aromatic nitrogens is 2. The molecule has 2 fully saturated rings. The number of aliphatic hydroxyl groups is 1. The highest BCUT2D eigenvalue weighted by atomic mass is 32.2. The van der Waals surface area contributed by atoms with E-state index in [1.165, 1.54) is 0 Å². The maximum absolute atomic E-state index is 12.3. The third-order valence-electron chi connectivity index (χ3n) is 5.43. The summed E-state index contributed by atoms with van der Waals surface area (Å²) in [6.45, 7) is 4.64. The second-order valence-corrected chi connectivity index (χ2v) is 9.31. The summed E-state index contributed by atoms with van der Waals surface area (Å²) in [6, 6.07) is 3.53. The Morgan fingerprint density at radius 2 is 1.85 bits per heavy atom. The molecule has 0 aliphatic carbocycles. The van der Waals surface area contributed by atoms with Crippen molar-refractivity contribution in [3.05, 3.63) is 41.4 Å². The Hall–Kier alpha value is -1.68. The number of sulfone groups is 1. The van der Waals surface area contributed by atoms with Gasteiger partial charge in [0.05, 0.1) is 30.1 Å². The van der Waals surface area contributed by atoms with Crippen LogP contribution in [0.4, 0.5) is 0 Å². The molecule has 4 heterocycles. The number of H-pyrrole nitrogens is 1. The number of rotatable bonds is 5. The summed E-state index contributed by atoms with van der Waals surface area (Å²) in [5.74, 6) is 1.66. The first-order valence-electron chi connectivity index (χ1n) is 8.81. The molecule has 26 heavy (non-hydrogen) atoms. The molecule has 2 atom stereocenters. The molecule has 9 heteroatoms. The SMILES string of the molecule is Cc1[nH]cnc1CN1CCN(Cc2ccc(CO)o2)[C@H]2CS(=O)(=O)C[C@H]21. The van der Waals surface area contributed by atoms with Crippen molar-refractivity contribution in [1.82, 2.24) is 19.8 Å². The molecule has 2 aromatic heterocycles. The van der Waals surface area contributed by atoms with Crippen molar-refractivity contribution < 1.29 is 17.9 Å². The number of furan rings is 1. The fourth-order valence-electron chi connectivity index (χ4n) is 4.02. The van der Waals surface area contributed by atoms with Crippen LogP contribution >= 0.6 is 0 Å². The van der Waals surface area contributed by atoms with Crippen LogP contribution in [0.2, 0.25) is 0 Å². The summed E-state index contributed by atoms with van der Waals surface area (Å²) in [6.07, 6.45) is 1.68. The fraction of sp³-hybridized carbons (Fsp3) is 0.588. The molecular weight excluding hydrogens is 356 g/mol. The number of fused-ring (bicyclic) bond motifs is 1. The first-order chi connectivity index (χ1) is 12.4. The van der Waals surface area contributed by atoms with E-state index in [1.807, 2.05) is 13.0 Å². The zero-order valence-corrected chi connectivity index (χ0v) is 15.6.